The second-order valence-corrected chi connectivity index (χ2v) is 5.53. The number of benzene rings is 2. The van der Waals surface area contributed by atoms with Crippen LogP contribution in [0, 0.1) is 24.0 Å². The van der Waals surface area contributed by atoms with Crippen molar-refractivity contribution in [1.82, 2.24) is 0 Å². The molecule has 5 nitrogen and oxygen atoms in total. The molecule has 0 spiro atoms. The smallest absolute Gasteiger partial charge is 0.271 e. The van der Waals surface area contributed by atoms with Gasteiger partial charge in [-0.1, -0.05) is 6.07 Å². The highest BCUT2D eigenvalue weighted by Gasteiger charge is 2.13. The first-order valence-corrected chi connectivity index (χ1v) is 7.00. The highest BCUT2D eigenvalue weighted by molar-refractivity contribution is 9.10. The van der Waals surface area contributed by atoms with E-state index in [1.807, 2.05) is 19.9 Å². The number of hydrogen-bond acceptors (Lipinski definition) is 3. The average molecular weight is 349 g/mol. The van der Waals surface area contributed by atoms with E-state index in [1.165, 1.54) is 18.2 Å². The molecule has 0 aromatic heterocycles. The number of amides is 1. The van der Waals surface area contributed by atoms with Crippen LogP contribution in [0.3, 0.4) is 0 Å². The van der Waals surface area contributed by atoms with Crippen molar-refractivity contribution in [2.24, 2.45) is 0 Å². The molecule has 0 heterocycles. The number of nitro groups is 1. The molecule has 0 atom stereocenters. The zero-order chi connectivity index (χ0) is 15.6. The Bertz CT molecular complexity index is 729. The zero-order valence-corrected chi connectivity index (χ0v) is 13.1. The number of anilines is 1. The van der Waals surface area contributed by atoms with Crippen LogP contribution in [0.5, 0.6) is 0 Å². The molecule has 0 fully saturated rings. The minimum atomic E-state index is -0.502. The quantitative estimate of drug-likeness (QED) is 0.666. The summed E-state index contributed by atoms with van der Waals surface area (Å²) in [4.78, 5) is 22.5. The molecule has 2 aromatic rings. The number of nitro benzene ring substituents is 1. The monoisotopic (exact) mass is 348 g/mol. The third-order valence-electron chi connectivity index (χ3n) is 3.18. The van der Waals surface area contributed by atoms with E-state index in [0.717, 1.165) is 11.1 Å². The fraction of sp³-hybridized carbons (Fsp3) is 0.133. The predicted octanol–water partition coefficient (Wildman–Crippen LogP) is 4.23. The number of non-ortho nitro benzene ring substituents is 1. The minimum Gasteiger partial charge on any atom is -0.321 e. The van der Waals surface area contributed by atoms with Crippen LogP contribution in [-0.2, 0) is 0 Å². The van der Waals surface area contributed by atoms with Crippen molar-refractivity contribution < 1.29 is 9.72 Å². The summed E-state index contributed by atoms with van der Waals surface area (Å²) in [5, 5.41) is 13.5. The summed E-state index contributed by atoms with van der Waals surface area (Å²) < 4.78 is 0.588. The Balaban J connectivity index is 2.28. The summed E-state index contributed by atoms with van der Waals surface area (Å²) in [7, 11) is 0. The van der Waals surface area contributed by atoms with Gasteiger partial charge in [0.15, 0.2) is 0 Å². The van der Waals surface area contributed by atoms with E-state index in [9.17, 15) is 14.9 Å². The van der Waals surface area contributed by atoms with Gasteiger partial charge in [0.05, 0.1) is 10.6 Å². The van der Waals surface area contributed by atoms with Crippen molar-refractivity contribution in [3.63, 3.8) is 0 Å². The first kappa shape index (κ1) is 15.2. The molecule has 0 radical (unpaired) electrons. The lowest BCUT2D eigenvalue weighted by atomic mass is 10.1. The van der Waals surface area contributed by atoms with E-state index >= 15 is 0 Å². The van der Waals surface area contributed by atoms with Crippen molar-refractivity contribution in [3.05, 3.63) is 67.7 Å². The van der Waals surface area contributed by atoms with Gasteiger partial charge in [-0.05, 0) is 59.1 Å². The number of hydrogen-bond donors (Lipinski definition) is 1. The summed E-state index contributed by atoms with van der Waals surface area (Å²) in [5.74, 6) is -0.306. The standard InChI is InChI=1S/C15H13BrN2O3/c1-9-3-4-11(7-10(9)2)15(19)17-14-8-12(18(20)21)5-6-13(14)16/h3-8H,1-2H3,(H,17,19). The summed E-state index contributed by atoms with van der Waals surface area (Å²) >= 11 is 3.27. The van der Waals surface area contributed by atoms with Crippen LogP contribution in [0.25, 0.3) is 0 Å². The maximum Gasteiger partial charge on any atom is 0.271 e. The van der Waals surface area contributed by atoms with Crippen LogP contribution < -0.4 is 5.32 Å². The SMILES string of the molecule is Cc1ccc(C(=O)Nc2cc([N+](=O)[O-])ccc2Br)cc1C. The zero-order valence-electron chi connectivity index (χ0n) is 11.5. The topological polar surface area (TPSA) is 72.2 Å². The van der Waals surface area contributed by atoms with Crippen molar-refractivity contribution in [2.75, 3.05) is 5.32 Å². The Kier molecular flexibility index (Phi) is 4.37. The molecule has 0 aliphatic carbocycles. The lowest BCUT2D eigenvalue weighted by molar-refractivity contribution is -0.384. The normalized spacial score (nSPS) is 10.2. The molecule has 1 amide bonds. The lowest BCUT2D eigenvalue weighted by Crippen LogP contribution is -2.12. The molecule has 0 unspecified atom stereocenters. The van der Waals surface area contributed by atoms with Crippen molar-refractivity contribution >= 4 is 33.2 Å². The molecule has 21 heavy (non-hydrogen) atoms. The number of nitrogens with zero attached hydrogens (tertiary/aromatic N) is 1. The molecular weight excluding hydrogens is 336 g/mol. The molecule has 2 rings (SSSR count). The molecule has 2 aromatic carbocycles. The molecule has 0 bridgehead atoms. The van der Waals surface area contributed by atoms with Crippen LogP contribution in [-0.4, -0.2) is 10.8 Å². The van der Waals surface area contributed by atoms with E-state index in [1.54, 1.807) is 12.1 Å². The highest BCUT2D eigenvalue weighted by atomic mass is 79.9. The van der Waals surface area contributed by atoms with E-state index in [-0.39, 0.29) is 11.6 Å². The second kappa shape index (κ2) is 6.05. The van der Waals surface area contributed by atoms with Crippen LogP contribution in [0.4, 0.5) is 11.4 Å². The van der Waals surface area contributed by atoms with Gasteiger partial charge in [0.25, 0.3) is 11.6 Å². The van der Waals surface area contributed by atoms with E-state index in [0.29, 0.717) is 15.7 Å². The average Bonchev–Trinajstić information content (AvgIpc) is 2.43. The molecule has 1 N–H and O–H groups in total. The number of carbonyl (C=O) groups excluding carboxylic acids is 1. The van der Waals surface area contributed by atoms with Crippen LogP contribution in [0.1, 0.15) is 21.5 Å². The Hall–Kier alpha value is -2.21. The Morgan fingerprint density at radius 2 is 1.86 bits per heavy atom. The molecule has 0 saturated heterocycles. The number of halogens is 1. The largest absolute Gasteiger partial charge is 0.321 e. The summed E-state index contributed by atoms with van der Waals surface area (Å²) in [6.07, 6.45) is 0. The summed E-state index contributed by atoms with van der Waals surface area (Å²) in [6, 6.07) is 9.61. The van der Waals surface area contributed by atoms with Gasteiger partial charge in [0, 0.05) is 22.2 Å². The third kappa shape index (κ3) is 3.46. The van der Waals surface area contributed by atoms with Gasteiger partial charge < -0.3 is 5.32 Å². The van der Waals surface area contributed by atoms with E-state index in [2.05, 4.69) is 21.2 Å². The Morgan fingerprint density at radius 3 is 2.48 bits per heavy atom. The van der Waals surface area contributed by atoms with Crippen molar-refractivity contribution in [2.45, 2.75) is 13.8 Å². The summed E-state index contributed by atoms with van der Waals surface area (Å²) in [5.41, 5.74) is 2.92. The number of carbonyl (C=O) groups is 1. The Morgan fingerprint density at radius 1 is 1.14 bits per heavy atom. The maximum atomic E-state index is 12.2. The molecular formula is C15H13BrN2O3. The number of nitrogens with one attached hydrogen (secondary N) is 1. The lowest BCUT2D eigenvalue weighted by Gasteiger charge is -2.09. The molecule has 6 heteroatoms. The first-order valence-electron chi connectivity index (χ1n) is 6.21. The van der Waals surface area contributed by atoms with Crippen LogP contribution in [0.2, 0.25) is 0 Å². The highest BCUT2D eigenvalue weighted by Crippen LogP contribution is 2.27. The van der Waals surface area contributed by atoms with Crippen LogP contribution in [0.15, 0.2) is 40.9 Å². The Labute approximate surface area is 130 Å². The number of aryl methyl sites for hydroxylation is 2. The predicted molar refractivity (Wildman–Crippen MR) is 84.7 cm³/mol. The van der Waals surface area contributed by atoms with Crippen LogP contribution >= 0.6 is 15.9 Å². The fourth-order valence-electron chi connectivity index (χ4n) is 1.80. The van der Waals surface area contributed by atoms with Gasteiger partial charge >= 0.3 is 0 Å². The van der Waals surface area contributed by atoms with E-state index < -0.39 is 4.92 Å². The fourth-order valence-corrected chi connectivity index (χ4v) is 2.15. The van der Waals surface area contributed by atoms with Gasteiger partial charge in [-0.15, -0.1) is 0 Å². The van der Waals surface area contributed by atoms with Gasteiger partial charge in [0.2, 0.25) is 0 Å². The molecule has 0 aliphatic heterocycles. The van der Waals surface area contributed by atoms with Gasteiger partial charge in [-0.2, -0.15) is 0 Å². The van der Waals surface area contributed by atoms with Gasteiger partial charge in [-0.25, -0.2) is 0 Å². The first-order chi connectivity index (χ1) is 9.88. The van der Waals surface area contributed by atoms with Crippen molar-refractivity contribution in [3.8, 4) is 0 Å². The number of rotatable bonds is 3. The second-order valence-electron chi connectivity index (χ2n) is 4.67. The van der Waals surface area contributed by atoms with Gasteiger partial charge in [0.1, 0.15) is 0 Å². The minimum absolute atomic E-state index is 0.0754. The molecule has 108 valence electrons. The third-order valence-corrected chi connectivity index (χ3v) is 3.87. The van der Waals surface area contributed by atoms with E-state index in [4.69, 9.17) is 0 Å². The molecule has 0 aliphatic rings. The summed E-state index contributed by atoms with van der Waals surface area (Å²) in [6.45, 7) is 3.89. The van der Waals surface area contributed by atoms with Gasteiger partial charge in [-0.3, -0.25) is 14.9 Å². The molecule has 0 saturated carbocycles. The maximum absolute atomic E-state index is 12.2. The van der Waals surface area contributed by atoms with Crippen molar-refractivity contribution in [1.29, 1.82) is 0 Å².